The number of hydrogen-bond donors (Lipinski definition) is 0. The van der Waals surface area contributed by atoms with E-state index in [2.05, 4.69) is 41.5 Å². The molecule has 1 aromatic heterocycles. The van der Waals surface area contributed by atoms with Crippen LogP contribution in [0.5, 0.6) is 0 Å². The number of thioether (sulfide) groups is 1. The molecule has 1 heterocycles. The summed E-state index contributed by atoms with van der Waals surface area (Å²) >= 11 is 1.38. The quantitative estimate of drug-likeness (QED) is 0.566. The van der Waals surface area contributed by atoms with Crippen molar-refractivity contribution in [2.24, 2.45) is 0 Å². The Kier molecular flexibility index (Phi) is 6.46. The minimum absolute atomic E-state index is 0.0656. The number of aromatic nitrogens is 4. The number of benzene rings is 2. The van der Waals surface area contributed by atoms with Gasteiger partial charge in [0.15, 0.2) is 0 Å². The summed E-state index contributed by atoms with van der Waals surface area (Å²) in [6, 6.07) is 15.9. The summed E-state index contributed by atoms with van der Waals surface area (Å²) in [5.74, 6) is 0.0656. The van der Waals surface area contributed by atoms with Gasteiger partial charge in [-0.3, -0.25) is 4.79 Å². The highest BCUT2D eigenvalue weighted by atomic mass is 32.2. The molecule has 1 atom stereocenters. The minimum atomic E-state index is -0.405. The lowest BCUT2D eigenvalue weighted by Gasteiger charge is -2.24. The van der Waals surface area contributed by atoms with Gasteiger partial charge in [0, 0.05) is 13.1 Å². The average molecular weight is 396 g/mol. The van der Waals surface area contributed by atoms with Crippen LogP contribution in [0.3, 0.4) is 0 Å². The Balaban J connectivity index is 1.97. The predicted molar refractivity (Wildman–Crippen MR) is 112 cm³/mol. The van der Waals surface area contributed by atoms with Crippen LogP contribution in [0.4, 0.5) is 0 Å². The van der Waals surface area contributed by atoms with E-state index in [1.807, 2.05) is 55.1 Å². The topological polar surface area (TPSA) is 63.9 Å². The molecule has 0 radical (unpaired) electrons. The molecule has 0 aliphatic carbocycles. The maximum absolute atomic E-state index is 13.2. The summed E-state index contributed by atoms with van der Waals surface area (Å²) in [4.78, 5) is 15.0. The highest BCUT2D eigenvalue weighted by molar-refractivity contribution is 8.00. The molecule has 28 heavy (non-hydrogen) atoms. The Morgan fingerprint density at radius 1 is 1.07 bits per heavy atom. The van der Waals surface area contributed by atoms with Gasteiger partial charge in [-0.1, -0.05) is 48.2 Å². The molecule has 0 bridgehead atoms. The molecule has 3 aromatic rings. The number of hydrogen-bond acceptors (Lipinski definition) is 5. The average Bonchev–Trinajstić information content (AvgIpc) is 3.18. The standard InChI is InChI=1S/C21H25N5OS/c1-5-25(6-2)20(27)19(17-10-8-7-9-11-17)28-21-22-23-24-26(21)18-13-12-15(3)16(4)14-18/h7-14,19H,5-6H2,1-4H3. The van der Waals surface area contributed by atoms with E-state index >= 15 is 0 Å². The van der Waals surface area contributed by atoms with Crippen LogP contribution in [0.2, 0.25) is 0 Å². The van der Waals surface area contributed by atoms with Gasteiger partial charge >= 0.3 is 0 Å². The molecule has 6 nitrogen and oxygen atoms in total. The lowest BCUT2D eigenvalue weighted by Crippen LogP contribution is -2.34. The Morgan fingerprint density at radius 3 is 2.43 bits per heavy atom. The zero-order chi connectivity index (χ0) is 20.1. The highest BCUT2D eigenvalue weighted by Gasteiger charge is 2.28. The minimum Gasteiger partial charge on any atom is -0.342 e. The van der Waals surface area contributed by atoms with Gasteiger partial charge < -0.3 is 4.90 Å². The first-order valence-electron chi connectivity index (χ1n) is 9.41. The smallest absolute Gasteiger partial charge is 0.240 e. The largest absolute Gasteiger partial charge is 0.342 e. The van der Waals surface area contributed by atoms with Gasteiger partial charge in [0.1, 0.15) is 5.25 Å². The number of carbonyl (C=O) groups is 1. The van der Waals surface area contributed by atoms with E-state index < -0.39 is 5.25 Å². The molecule has 0 aliphatic rings. The van der Waals surface area contributed by atoms with E-state index in [4.69, 9.17) is 0 Å². The number of amides is 1. The fraction of sp³-hybridized carbons (Fsp3) is 0.333. The van der Waals surface area contributed by atoms with Crippen molar-refractivity contribution in [3.05, 3.63) is 65.2 Å². The van der Waals surface area contributed by atoms with E-state index in [1.165, 1.54) is 22.9 Å². The first-order valence-corrected chi connectivity index (χ1v) is 10.3. The SMILES string of the molecule is CCN(CC)C(=O)C(Sc1nnnn1-c1ccc(C)c(C)c1)c1ccccc1. The molecule has 0 N–H and O–H groups in total. The van der Waals surface area contributed by atoms with Gasteiger partial charge in [-0.25, -0.2) is 0 Å². The summed E-state index contributed by atoms with van der Waals surface area (Å²) in [6.45, 7) is 9.46. The van der Waals surface area contributed by atoms with Crippen molar-refractivity contribution >= 4 is 17.7 Å². The number of likely N-dealkylation sites (N-methyl/N-ethyl adjacent to an activating group) is 1. The van der Waals surface area contributed by atoms with Crippen molar-refractivity contribution in [1.29, 1.82) is 0 Å². The van der Waals surface area contributed by atoms with Crippen molar-refractivity contribution in [1.82, 2.24) is 25.1 Å². The molecular weight excluding hydrogens is 370 g/mol. The molecule has 7 heteroatoms. The van der Waals surface area contributed by atoms with Crippen LogP contribution in [0.25, 0.3) is 5.69 Å². The van der Waals surface area contributed by atoms with E-state index in [0.717, 1.165) is 11.3 Å². The monoisotopic (exact) mass is 395 g/mol. The van der Waals surface area contributed by atoms with Crippen LogP contribution in [0.1, 0.15) is 35.8 Å². The predicted octanol–water partition coefficient (Wildman–Crippen LogP) is 3.98. The zero-order valence-corrected chi connectivity index (χ0v) is 17.5. The van der Waals surface area contributed by atoms with Crippen LogP contribution in [0.15, 0.2) is 53.7 Å². The number of tetrazole rings is 1. The number of rotatable bonds is 7. The van der Waals surface area contributed by atoms with Gasteiger partial charge in [-0.05, 0) is 66.9 Å². The highest BCUT2D eigenvalue weighted by Crippen LogP contribution is 2.36. The Hall–Kier alpha value is -2.67. The second-order valence-corrected chi connectivity index (χ2v) is 7.63. The molecule has 3 rings (SSSR count). The number of nitrogens with zero attached hydrogens (tertiary/aromatic N) is 5. The molecule has 0 saturated heterocycles. The normalized spacial score (nSPS) is 12.0. The summed E-state index contributed by atoms with van der Waals surface area (Å²) in [6.07, 6.45) is 0. The van der Waals surface area contributed by atoms with E-state index in [-0.39, 0.29) is 5.91 Å². The summed E-state index contributed by atoms with van der Waals surface area (Å²) in [7, 11) is 0. The molecule has 1 amide bonds. The van der Waals surface area contributed by atoms with Crippen LogP contribution in [-0.4, -0.2) is 44.1 Å². The fourth-order valence-electron chi connectivity index (χ4n) is 2.97. The Labute approximate surface area is 169 Å². The third-order valence-corrected chi connectivity index (χ3v) is 5.98. The molecule has 146 valence electrons. The first-order chi connectivity index (χ1) is 13.5. The van der Waals surface area contributed by atoms with Crippen molar-refractivity contribution in [2.45, 2.75) is 38.1 Å². The van der Waals surface area contributed by atoms with Crippen molar-refractivity contribution in [3.8, 4) is 5.69 Å². The molecule has 2 aromatic carbocycles. The van der Waals surface area contributed by atoms with Crippen molar-refractivity contribution in [2.75, 3.05) is 13.1 Å². The van der Waals surface area contributed by atoms with E-state index in [1.54, 1.807) is 4.68 Å². The maximum Gasteiger partial charge on any atom is 0.240 e. The Bertz CT molecular complexity index is 937. The van der Waals surface area contributed by atoms with Gasteiger partial charge in [0.05, 0.1) is 5.69 Å². The summed E-state index contributed by atoms with van der Waals surface area (Å²) in [5, 5.41) is 12.4. The molecule has 0 aliphatic heterocycles. The number of aryl methyl sites for hydroxylation is 2. The van der Waals surface area contributed by atoms with Crippen LogP contribution in [-0.2, 0) is 4.79 Å². The maximum atomic E-state index is 13.2. The van der Waals surface area contributed by atoms with Gasteiger partial charge in [0.2, 0.25) is 11.1 Å². The summed E-state index contributed by atoms with van der Waals surface area (Å²) < 4.78 is 1.70. The Morgan fingerprint density at radius 2 is 1.79 bits per heavy atom. The van der Waals surface area contributed by atoms with Gasteiger partial charge in [0.25, 0.3) is 0 Å². The third kappa shape index (κ3) is 4.25. The second-order valence-electron chi connectivity index (χ2n) is 6.56. The fourth-order valence-corrected chi connectivity index (χ4v) is 4.05. The molecule has 0 fully saturated rings. The van der Waals surface area contributed by atoms with Crippen LogP contribution >= 0.6 is 11.8 Å². The second kappa shape index (κ2) is 9.01. The lowest BCUT2D eigenvalue weighted by molar-refractivity contribution is -0.130. The van der Waals surface area contributed by atoms with Gasteiger partial charge in [-0.15, -0.1) is 5.10 Å². The van der Waals surface area contributed by atoms with Crippen molar-refractivity contribution in [3.63, 3.8) is 0 Å². The zero-order valence-electron chi connectivity index (χ0n) is 16.7. The van der Waals surface area contributed by atoms with E-state index in [9.17, 15) is 4.79 Å². The third-order valence-electron chi connectivity index (χ3n) is 4.80. The van der Waals surface area contributed by atoms with E-state index in [0.29, 0.717) is 18.2 Å². The first kappa shape index (κ1) is 20.1. The lowest BCUT2D eigenvalue weighted by atomic mass is 10.1. The molecule has 1 unspecified atom stereocenters. The molecule has 0 spiro atoms. The van der Waals surface area contributed by atoms with Crippen LogP contribution in [0, 0.1) is 13.8 Å². The van der Waals surface area contributed by atoms with Gasteiger partial charge in [-0.2, -0.15) is 4.68 Å². The van der Waals surface area contributed by atoms with Crippen LogP contribution < -0.4 is 0 Å². The number of carbonyl (C=O) groups excluding carboxylic acids is 1. The molecular formula is C21H25N5OS. The summed E-state index contributed by atoms with van der Waals surface area (Å²) in [5.41, 5.74) is 4.21. The van der Waals surface area contributed by atoms with Crippen molar-refractivity contribution < 1.29 is 4.79 Å². The molecule has 0 saturated carbocycles.